The monoisotopic (exact) mass is 355 g/mol. The molecule has 2 heterocycles. The second-order valence-corrected chi connectivity index (χ2v) is 6.04. The highest BCUT2D eigenvalue weighted by molar-refractivity contribution is 6.30. The van der Waals surface area contributed by atoms with Gasteiger partial charge in [-0.2, -0.15) is 0 Å². The molecule has 6 heteroatoms. The minimum atomic E-state index is -0.305. The van der Waals surface area contributed by atoms with E-state index >= 15 is 0 Å². The number of aryl methyl sites for hydroxylation is 1. The average Bonchev–Trinajstić information content (AvgIpc) is 2.60. The minimum Gasteiger partial charge on any atom is -0.465 e. The fraction of sp³-hybridized carbons (Fsp3) is 0.211. The molecule has 3 rings (SSSR count). The molecule has 0 atom stereocenters. The van der Waals surface area contributed by atoms with Crippen molar-refractivity contribution >= 4 is 34.3 Å². The number of carbonyl (C=O) groups excluding carboxylic acids is 1. The summed E-state index contributed by atoms with van der Waals surface area (Å²) in [6, 6.07) is 11.3. The predicted octanol–water partition coefficient (Wildman–Crippen LogP) is 4.23. The van der Waals surface area contributed by atoms with Gasteiger partial charge < -0.3 is 10.1 Å². The molecule has 0 fully saturated rings. The lowest BCUT2D eigenvalue weighted by molar-refractivity contribution is -0.140. The minimum absolute atomic E-state index is 0.0843. The maximum atomic E-state index is 11.7. The summed E-state index contributed by atoms with van der Waals surface area (Å²) in [5.41, 5.74) is 4.11. The fourth-order valence-corrected chi connectivity index (χ4v) is 2.63. The van der Waals surface area contributed by atoms with Gasteiger partial charge in [0, 0.05) is 27.9 Å². The molecule has 128 valence electrons. The van der Waals surface area contributed by atoms with E-state index in [-0.39, 0.29) is 12.5 Å². The van der Waals surface area contributed by atoms with Crippen molar-refractivity contribution in [1.29, 1.82) is 0 Å². The Bertz CT molecular complexity index is 910. The SMILES string of the molecule is CCOC(=O)CNc1cc(-c2ccc(Cl)cc2)nc2ncc(C)cc12. The normalized spacial score (nSPS) is 10.7. The van der Waals surface area contributed by atoms with Gasteiger partial charge in [-0.05, 0) is 43.7 Å². The Balaban J connectivity index is 2.03. The molecule has 0 spiro atoms. The first kappa shape index (κ1) is 17.2. The molecule has 0 saturated carbocycles. The van der Waals surface area contributed by atoms with Crippen LogP contribution in [0, 0.1) is 6.92 Å². The number of benzene rings is 1. The van der Waals surface area contributed by atoms with Gasteiger partial charge >= 0.3 is 5.97 Å². The van der Waals surface area contributed by atoms with Crippen molar-refractivity contribution in [2.24, 2.45) is 0 Å². The number of aromatic nitrogens is 2. The lowest BCUT2D eigenvalue weighted by Crippen LogP contribution is -2.17. The highest BCUT2D eigenvalue weighted by Crippen LogP contribution is 2.28. The molecule has 0 aliphatic rings. The van der Waals surface area contributed by atoms with Crippen molar-refractivity contribution in [1.82, 2.24) is 9.97 Å². The molecule has 0 bridgehead atoms. The molecule has 0 unspecified atom stereocenters. The zero-order valence-corrected chi connectivity index (χ0v) is 14.8. The van der Waals surface area contributed by atoms with Gasteiger partial charge in [-0.15, -0.1) is 0 Å². The van der Waals surface area contributed by atoms with Crippen LogP contribution in [0.15, 0.2) is 42.6 Å². The summed E-state index contributed by atoms with van der Waals surface area (Å²) in [4.78, 5) is 20.7. The molecule has 0 saturated heterocycles. The van der Waals surface area contributed by atoms with Gasteiger partial charge in [0.05, 0.1) is 12.3 Å². The van der Waals surface area contributed by atoms with Gasteiger partial charge in [0.25, 0.3) is 0 Å². The van der Waals surface area contributed by atoms with Gasteiger partial charge in [-0.3, -0.25) is 4.79 Å². The van der Waals surface area contributed by atoms with E-state index in [0.717, 1.165) is 27.9 Å². The highest BCUT2D eigenvalue weighted by Gasteiger charge is 2.11. The van der Waals surface area contributed by atoms with E-state index in [1.807, 2.05) is 43.3 Å². The van der Waals surface area contributed by atoms with Crippen LogP contribution in [0.4, 0.5) is 5.69 Å². The molecule has 5 nitrogen and oxygen atoms in total. The number of pyridine rings is 2. The van der Waals surface area contributed by atoms with Crippen molar-refractivity contribution in [3.63, 3.8) is 0 Å². The Kier molecular flexibility index (Phi) is 5.14. The van der Waals surface area contributed by atoms with Gasteiger partial charge in [-0.1, -0.05) is 23.7 Å². The second kappa shape index (κ2) is 7.49. The second-order valence-electron chi connectivity index (χ2n) is 5.60. The van der Waals surface area contributed by atoms with Gasteiger partial charge in [0.15, 0.2) is 5.65 Å². The largest absolute Gasteiger partial charge is 0.465 e. The first-order chi connectivity index (χ1) is 12.1. The third-order valence-corrected chi connectivity index (χ3v) is 3.92. The summed E-state index contributed by atoms with van der Waals surface area (Å²) in [6.45, 7) is 4.19. The first-order valence-electron chi connectivity index (χ1n) is 7.99. The summed E-state index contributed by atoms with van der Waals surface area (Å²) >= 11 is 5.96. The van der Waals surface area contributed by atoms with E-state index in [0.29, 0.717) is 17.3 Å². The summed E-state index contributed by atoms with van der Waals surface area (Å²) in [7, 11) is 0. The molecule has 0 aliphatic heterocycles. The van der Waals surface area contributed by atoms with E-state index < -0.39 is 0 Å². The van der Waals surface area contributed by atoms with Gasteiger partial charge in [-0.25, -0.2) is 9.97 Å². The van der Waals surface area contributed by atoms with Crippen molar-refractivity contribution < 1.29 is 9.53 Å². The number of ether oxygens (including phenoxy) is 1. The lowest BCUT2D eigenvalue weighted by atomic mass is 10.1. The number of rotatable bonds is 5. The average molecular weight is 356 g/mol. The van der Waals surface area contributed by atoms with Crippen molar-refractivity contribution in [2.45, 2.75) is 13.8 Å². The van der Waals surface area contributed by atoms with E-state index in [1.54, 1.807) is 13.1 Å². The zero-order valence-electron chi connectivity index (χ0n) is 14.0. The van der Waals surface area contributed by atoms with Crippen molar-refractivity contribution in [2.75, 3.05) is 18.5 Å². The Morgan fingerprint density at radius 2 is 2.00 bits per heavy atom. The summed E-state index contributed by atoms with van der Waals surface area (Å²) in [5.74, 6) is -0.305. The number of nitrogens with one attached hydrogen (secondary N) is 1. The first-order valence-corrected chi connectivity index (χ1v) is 8.37. The van der Waals surface area contributed by atoms with Crippen LogP contribution in [-0.4, -0.2) is 29.1 Å². The zero-order chi connectivity index (χ0) is 17.8. The van der Waals surface area contributed by atoms with Crippen LogP contribution in [0.3, 0.4) is 0 Å². The Labute approximate surface area is 151 Å². The third-order valence-electron chi connectivity index (χ3n) is 3.67. The van der Waals surface area contributed by atoms with Crippen LogP contribution in [0.25, 0.3) is 22.3 Å². The maximum Gasteiger partial charge on any atom is 0.325 e. The van der Waals surface area contributed by atoms with E-state index in [9.17, 15) is 4.79 Å². The molecule has 1 aromatic carbocycles. The van der Waals surface area contributed by atoms with Crippen molar-refractivity contribution in [3.05, 3.63) is 53.2 Å². The molecule has 0 aliphatic carbocycles. The van der Waals surface area contributed by atoms with Crippen LogP contribution >= 0.6 is 11.6 Å². The predicted molar refractivity (Wildman–Crippen MR) is 99.8 cm³/mol. The number of fused-ring (bicyclic) bond motifs is 1. The number of hydrogen-bond acceptors (Lipinski definition) is 5. The third kappa shape index (κ3) is 4.06. The molecule has 25 heavy (non-hydrogen) atoms. The maximum absolute atomic E-state index is 11.7. The Hall–Kier alpha value is -2.66. The van der Waals surface area contributed by atoms with E-state index in [4.69, 9.17) is 16.3 Å². The topological polar surface area (TPSA) is 64.1 Å². The van der Waals surface area contributed by atoms with Gasteiger partial charge in [0.2, 0.25) is 0 Å². The summed E-state index contributed by atoms with van der Waals surface area (Å²) in [6.07, 6.45) is 1.77. The number of carbonyl (C=O) groups is 1. The van der Waals surface area contributed by atoms with Crippen molar-refractivity contribution in [3.8, 4) is 11.3 Å². The Morgan fingerprint density at radius 3 is 2.72 bits per heavy atom. The van der Waals surface area contributed by atoms with Crippen LogP contribution < -0.4 is 5.32 Å². The highest BCUT2D eigenvalue weighted by atomic mass is 35.5. The smallest absolute Gasteiger partial charge is 0.325 e. The molecular weight excluding hydrogens is 338 g/mol. The Morgan fingerprint density at radius 1 is 1.24 bits per heavy atom. The number of halogens is 1. The molecule has 3 aromatic rings. The quantitative estimate of drug-likeness (QED) is 0.694. The molecule has 0 radical (unpaired) electrons. The number of anilines is 1. The van der Waals surface area contributed by atoms with Gasteiger partial charge in [0.1, 0.15) is 6.54 Å². The standard InChI is InChI=1S/C19H18ClN3O2/c1-3-25-18(24)11-21-17-9-16(13-4-6-14(20)7-5-13)23-19-15(17)8-12(2)10-22-19/h4-10H,3,11H2,1-2H3,(H,21,22,23). The summed E-state index contributed by atoms with van der Waals surface area (Å²) < 4.78 is 4.98. The number of nitrogens with zero attached hydrogens (tertiary/aromatic N) is 2. The van der Waals surface area contributed by atoms with Crippen LogP contribution in [0.1, 0.15) is 12.5 Å². The van der Waals surface area contributed by atoms with E-state index in [2.05, 4.69) is 15.3 Å². The molecule has 2 aromatic heterocycles. The number of esters is 1. The fourth-order valence-electron chi connectivity index (χ4n) is 2.50. The van der Waals surface area contributed by atoms with Crippen LogP contribution in [-0.2, 0) is 9.53 Å². The summed E-state index contributed by atoms with van der Waals surface area (Å²) in [5, 5.41) is 4.67. The van der Waals surface area contributed by atoms with Crippen LogP contribution in [0.2, 0.25) is 5.02 Å². The van der Waals surface area contributed by atoms with E-state index in [1.165, 1.54) is 0 Å². The van der Waals surface area contributed by atoms with Crippen LogP contribution in [0.5, 0.6) is 0 Å². The molecule has 0 amide bonds. The molecular formula is C19H18ClN3O2. The molecule has 1 N–H and O–H groups in total. The lowest BCUT2D eigenvalue weighted by Gasteiger charge is -2.12. The number of hydrogen-bond donors (Lipinski definition) is 1.